The monoisotopic (exact) mass is 346 g/mol. The Morgan fingerprint density at radius 1 is 1.50 bits per heavy atom. The number of amides is 2. The molecule has 2 aliphatic rings. The van der Waals surface area contributed by atoms with Crippen molar-refractivity contribution in [1.82, 2.24) is 10.2 Å². The molecule has 3 rings (SSSR count). The number of ether oxygens (including phenoxy) is 1. The van der Waals surface area contributed by atoms with Crippen LogP contribution in [-0.2, 0) is 9.59 Å². The molecule has 1 aromatic rings. The average molecular weight is 347 g/mol. The molecule has 0 aromatic heterocycles. The van der Waals surface area contributed by atoms with Crippen LogP contribution in [-0.4, -0.2) is 42.5 Å². The van der Waals surface area contributed by atoms with Gasteiger partial charge < -0.3 is 15.0 Å². The highest BCUT2D eigenvalue weighted by molar-refractivity contribution is 6.30. The predicted molar refractivity (Wildman–Crippen MR) is 92.9 cm³/mol. The van der Waals surface area contributed by atoms with Gasteiger partial charge >= 0.3 is 0 Å². The lowest BCUT2D eigenvalue weighted by atomic mass is 10.1. The summed E-state index contributed by atoms with van der Waals surface area (Å²) in [6.45, 7) is 3.32. The van der Waals surface area contributed by atoms with E-state index >= 15 is 0 Å². The van der Waals surface area contributed by atoms with Crippen LogP contribution in [0.5, 0.6) is 5.75 Å². The number of nitrogens with zero attached hydrogens (tertiary/aromatic N) is 1. The number of hydrogen-bond donors (Lipinski definition) is 1. The summed E-state index contributed by atoms with van der Waals surface area (Å²) in [5, 5.41) is 3.43. The summed E-state index contributed by atoms with van der Waals surface area (Å²) < 4.78 is 5.66. The fraction of sp³-hybridized carbons (Fsp3) is 0.333. The molecule has 1 atom stereocenters. The normalized spacial score (nSPS) is 20.2. The molecular formula is C18H19ClN2O3. The Hall–Kier alpha value is -2.27. The lowest BCUT2D eigenvalue weighted by Crippen LogP contribution is -2.56. The number of benzene rings is 1. The Bertz CT molecular complexity index is 727. The van der Waals surface area contributed by atoms with Gasteiger partial charge in [-0.05, 0) is 36.3 Å². The Morgan fingerprint density at radius 2 is 2.33 bits per heavy atom. The molecule has 2 heterocycles. The number of rotatable bonds is 3. The molecule has 0 radical (unpaired) electrons. The van der Waals surface area contributed by atoms with E-state index < -0.39 is 6.04 Å². The number of piperazine rings is 1. The van der Waals surface area contributed by atoms with Crippen LogP contribution in [0.1, 0.15) is 18.9 Å². The van der Waals surface area contributed by atoms with Gasteiger partial charge in [0.15, 0.2) is 0 Å². The number of fused-ring (bicyclic) bond motifs is 1. The van der Waals surface area contributed by atoms with Crippen LogP contribution in [0.2, 0.25) is 5.02 Å². The van der Waals surface area contributed by atoms with Crippen molar-refractivity contribution in [2.24, 2.45) is 0 Å². The van der Waals surface area contributed by atoms with Crippen LogP contribution in [0.25, 0.3) is 6.08 Å². The maximum Gasteiger partial charge on any atom is 0.247 e. The largest absolute Gasteiger partial charge is 0.488 e. The van der Waals surface area contributed by atoms with Crippen LogP contribution >= 0.6 is 11.6 Å². The van der Waals surface area contributed by atoms with E-state index in [4.69, 9.17) is 16.3 Å². The molecule has 24 heavy (non-hydrogen) atoms. The number of nitrogens with one attached hydrogen (secondary N) is 1. The zero-order valence-corrected chi connectivity index (χ0v) is 14.2. The van der Waals surface area contributed by atoms with Crippen LogP contribution in [0.3, 0.4) is 0 Å². The van der Waals surface area contributed by atoms with Crippen molar-refractivity contribution >= 4 is 29.5 Å². The van der Waals surface area contributed by atoms with E-state index in [-0.39, 0.29) is 11.8 Å². The second-order valence-corrected chi connectivity index (χ2v) is 6.21. The van der Waals surface area contributed by atoms with Crippen LogP contribution in [0, 0.1) is 0 Å². The molecule has 6 heteroatoms. The highest BCUT2D eigenvalue weighted by Crippen LogP contribution is 2.29. The van der Waals surface area contributed by atoms with E-state index in [0.29, 0.717) is 31.1 Å². The third-order valence-electron chi connectivity index (χ3n) is 4.15. The van der Waals surface area contributed by atoms with Gasteiger partial charge in [0.2, 0.25) is 11.8 Å². The third-order valence-corrected chi connectivity index (χ3v) is 4.38. The number of hydrogen-bond acceptors (Lipinski definition) is 3. The SMILES string of the molecule is CCC1C(=O)NCCN1C(=O)C=CC1=Cc2cc(Cl)ccc2OC1. The molecular weight excluding hydrogens is 328 g/mol. The highest BCUT2D eigenvalue weighted by Gasteiger charge is 2.30. The minimum absolute atomic E-state index is 0.0886. The van der Waals surface area contributed by atoms with Crippen molar-refractivity contribution in [2.45, 2.75) is 19.4 Å². The van der Waals surface area contributed by atoms with Gasteiger partial charge in [-0.15, -0.1) is 0 Å². The molecule has 0 aliphatic carbocycles. The molecule has 0 spiro atoms. The fourth-order valence-corrected chi connectivity index (χ4v) is 3.10. The first-order chi connectivity index (χ1) is 11.6. The van der Waals surface area contributed by atoms with Gasteiger partial charge in [0.05, 0.1) is 0 Å². The lowest BCUT2D eigenvalue weighted by Gasteiger charge is -2.33. The summed E-state index contributed by atoms with van der Waals surface area (Å²) in [7, 11) is 0. The maximum atomic E-state index is 12.4. The number of carbonyl (C=O) groups is 2. The van der Waals surface area contributed by atoms with E-state index in [1.54, 1.807) is 17.0 Å². The van der Waals surface area contributed by atoms with E-state index in [1.807, 2.05) is 25.1 Å². The van der Waals surface area contributed by atoms with Crippen molar-refractivity contribution < 1.29 is 14.3 Å². The molecule has 1 saturated heterocycles. The third kappa shape index (κ3) is 3.46. The summed E-state index contributed by atoms with van der Waals surface area (Å²) in [4.78, 5) is 25.9. The van der Waals surface area contributed by atoms with Crippen LogP contribution < -0.4 is 10.1 Å². The molecule has 126 valence electrons. The lowest BCUT2D eigenvalue weighted by molar-refractivity contribution is -0.140. The van der Waals surface area contributed by atoms with Crippen molar-refractivity contribution in [1.29, 1.82) is 0 Å². The molecule has 2 aliphatic heterocycles. The zero-order valence-electron chi connectivity index (χ0n) is 13.4. The topological polar surface area (TPSA) is 58.6 Å². The summed E-state index contributed by atoms with van der Waals surface area (Å²) in [6.07, 6.45) is 5.80. The van der Waals surface area contributed by atoms with Gasteiger partial charge in [-0.2, -0.15) is 0 Å². The van der Waals surface area contributed by atoms with Crippen molar-refractivity contribution in [3.05, 3.63) is 46.5 Å². The second kappa shape index (κ2) is 7.09. The van der Waals surface area contributed by atoms with E-state index in [9.17, 15) is 9.59 Å². The summed E-state index contributed by atoms with van der Waals surface area (Å²) in [6, 6.07) is 5.04. The maximum absolute atomic E-state index is 12.4. The van der Waals surface area contributed by atoms with E-state index in [0.717, 1.165) is 16.9 Å². The minimum Gasteiger partial charge on any atom is -0.488 e. The first kappa shape index (κ1) is 16.6. The second-order valence-electron chi connectivity index (χ2n) is 5.77. The van der Waals surface area contributed by atoms with E-state index in [1.165, 1.54) is 6.08 Å². The number of carbonyl (C=O) groups excluding carboxylic acids is 2. The van der Waals surface area contributed by atoms with Crippen molar-refractivity contribution in [3.8, 4) is 5.75 Å². The molecule has 0 bridgehead atoms. The average Bonchev–Trinajstić information content (AvgIpc) is 2.59. The van der Waals surface area contributed by atoms with Gasteiger partial charge in [-0.1, -0.05) is 24.6 Å². The predicted octanol–water partition coefficient (Wildman–Crippen LogP) is 2.41. The molecule has 1 aromatic carbocycles. The Labute approximate surface area is 145 Å². The molecule has 1 unspecified atom stereocenters. The summed E-state index contributed by atoms with van der Waals surface area (Å²) in [5.74, 6) is 0.533. The van der Waals surface area contributed by atoms with Gasteiger partial charge in [0.1, 0.15) is 18.4 Å². The molecule has 1 N–H and O–H groups in total. The Morgan fingerprint density at radius 3 is 3.12 bits per heavy atom. The highest BCUT2D eigenvalue weighted by atomic mass is 35.5. The van der Waals surface area contributed by atoms with Gasteiger partial charge in [-0.3, -0.25) is 9.59 Å². The van der Waals surface area contributed by atoms with Crippen LogP contribution in [0.15, 0.2) is 35.9 Å². The van der Waals surface area contributed by atoms with E-state index in [2.05, 4.69) is 5.32 Å². The molecule has 2 amide bonds. The smallest absolute Gasteiger partial charge is 0.247 e. The van der Waals surface area contributed by atoms with Crippen LogP contribution in [0.4, 0.5) is 0 Å². The Kier molecular flexibility index (Phi) is 4.90. The summed E-state index contributed by atoms with van der Waals surface area (Å²) >= 11 is 6.00. The first-order valence-electron chi connectivity index (χ1n) is 7.98. The van der Waals surface area contributed by atoms with Crippen molar-refractivity contribution in [2.75, 3.05) is 19.7 Å². The quantitative estimate of drug-likeness (QED) is 0.855. The summed E-state index contributed by atoms with van der Waals surface area (Å²) in [5.41, 5.74) is 1.78. The fourth-order valence-electron chi connectivity index (χ4n) is 2.92. The van der Waals surface area contributed by atoms with Crippen molar-refractivity contribution in [3.63, 3.8) is 0 Å². The van der Waals surface area contributed by atoms with Gasteiger partial charge in [0, 0.05) is 29.8 Å². The minimum atomic E-state index is -0.396. The Balaban J connectivity index is 1.73. The molecule has 1 fully saturated rings. The van der Waals surface area contributed by atoms with Gasteiger partial charge in [-0.25, -0.2) is 0 Å². The first-order valence-corrected chi connectivity index (χ1v) is 8.35. The molecule has 5 nitrogen and oxygen atoms in total. The zero-order chi connectivity index (χ0) is 17.1. The van der Waals surface area contributed by atoms with Gasteiger partial charge in [0.25, 0.3) is 0 Å². The standard InChI is InChI=1S/C18H19ClN2O3/c1-2-15-18(23)20-7-8-21(15)17(22)6-3-12-9-13-10-14(19)4-5-16(13)24-11-12/h3-6,9-10,15H,2,7-8,11H2,1H3,(H,20,23). The molecule has 0 saturated carbocycles. The number of halogens is 1.